The summed E-state index contributed by atoms with van der Waals surface area (Å²) in [5, 5.41) is 4.64. The molecule has 1 aromatic heterocycles. The van der Waals surface area contributed by atoms with Gasteiger partial charge in [-0.15, -0.1) is 0 Å². The van der Waals surface area contributed by atoms with E-state index in [1.807, 2.05) is 45.2 Å². The molecule has 1 N–H and O–H groups in total. The van der Waals surface area contributed by atoms with Gasteiger partial charge in [-0.05, 0) is 56.4 Å². The maximum Gasteiger partial charge on any atom is 0.192 e. The van der Waals surface area contributed by atoms with Crippen molar-refractivity contribution in [3.63, 3.8) is 0 Å². The lowest BCUT2D eigenvalue weighted by molar-refractivity contribution is 0.802. The van der Waals surface area contributed by atoms with Crippen molar-refractivity contribution in [3.8, 4) is 0 Å². The first kappa shape index (κ1) is 14.3. The van der Waals surface area contributed by atoms with Gasteiger partial charge in [0.25, 0.3) is 0 Å². The maximum absolute atomic E-state index is 6.07. The lowest BCUT2D eigenvalue weighted by Gasteiger charge is -2.09. The second-order valence-corrected chi connectivity index (χ2v) is 5.76. The molecule has 0 aliphatic rings. The van der Waals surface area contributed by atoms with E-state index in [9.17, 15) is 0 Å². The third kappa shape index (κ3) is 3.93. The van der Waals surface area contributed by atoms with Gasteiger partial charge in [0, 0.05) is 27.9 Å². The van der Waals surface area contributed by atoms with Crippen LogP contribution >= 0.6 is 23.4 Å². The van der Waals surface area contributed by atoms with Crippen molar-refractivity contribution in [2.45, 2.75) is 30.4 Å². The molecule has 0 saturated carbocycles. The van der Waals surface area contributed by atoms with Crippen LogP contribution in [-0.4, -0.2) is 17.0 Å². The highest BCUT2D eigenvalue weighted by Gasteiger charge is 2.08. The third-order valence-electron chi connectivity index (χ3n) is 2.56. The minimum absolute atomic E-state index is 0.728. The molecule has 0 atom stereocenters. The second kappa shape index (κ2) is 6.37. The van der Waals surface area contributed by atoms with Crippen molar-refractivity contribution in [1.29, 1.82) is 0 Å². The molecule has 0 saturated heterocycles. The van der Waals surface area contributed by atoms with Crippen molar-refractivity contribution in [1.82, 2.24) is 15.3 Å². The molecule has 0 radical (unpaired) electrons. The van der Waals surface area contributed by atoms with E-state index in [1.54, 1.807) is 11.8 Å². The molecule has 100 valence electrons. The zero-order chi connectivity index (χ0) is 13.8. The second-order valence-electron chi connectivity index (χ2n) is 4.32. The van der Waals surface area contributed by atoms with E-state index in [1.165, 1.54) is 5.56 Å². The van der Waals surface area contributed by atoms with Crippen LogP contribution in [0.15, 0.2) is 34.3 Å². The van der Waals surface area contributed by atoms with Crippen LogP contribution in [0, 0.1) is 13.8 Å². The fraction of sp³-hybridized carbons (Fsp3) is 0.286. The zero-order valence-corrected chi connectivity index (χ0v) is 12.8. The fourth-order valence-corrected chi connectivity index (χ4v) is 3.07. The number of hydrogen-bond acceptors (Lipinski definition) is 4. The van der Waals surface area contributed by atoms with E-state index in [4.69, 9.17) is 11.6 Å². The van der Waals surface area contributed by atoms with E-state index < -0.39 is 0 Å². The number of hydrogen-bond donors (Lipinski definition) is 1. The Morgan fingerprint density at radius 1 is 1.16 bits per heavy atom. The van der Waals surface area contributed by atoms with E-state index in [0.29, 0.717) is 0 Å². The van der Waals surface area contributed by atoms with Gasteiger partial charge in [0.2, 0.25) is 0 Å². The molecule has 0 aliphatic heterocycles. The summed E-state index contributed by atoms with van der Waals surface area (Å²) in [5.41, 5.74) is 3.15. The van der Waals surface area contributed by atoms with Gasteiger partial charge in [0.15, 0.2) is 5.16 Å². The lowest BCUT2D eigenvalue weighted by Crippen LogP contribution is -2.06. The molecule has 0 bridgehead atoms. The summed E-state index contributed by atoms with van der Waals surface area (Å²) in [6.07, 6.45) is 0. The normalized spacial score (nSPS) is 10.7. The average molecular weight is 294 g/mol. The molecule has 0 amide bonds. The first-order chi connectivity index (χ1) is 9.08. The van der Waals surface area contributed by atoms with Crippen molar-refractivity contribution >= 4 is 23.4 Å². The summed E-state index contributed by atoms with van der Waals surface area (Å²) in [5.74, 6) is 0. The maximum atomic E-state index is 6.07. The summed E-state index contributed by atoms with van der Waals surface area (Å²) < 4.78 is 0. The van der Waals surface area contributed by atoms with Gasteiger partial charge < -0.3 is 5.32 Å². The molecule has 19 heavy (non-hydrogen) atoms. The smallest absolute Gasteiger partial charge is 0.192 e. The van der Waals surface area contributed by atoms with E-state index in [-0.39, 0.29) is 0 Å². The first-order valence-corrected chi connectivity index (χ1v) is 7.21. The van der Waals surface area contributed by atoms with Crippen LogP contribution < -0.4 is 5.32 Å². The molecule has 0 unspecified atom stereocenters. The van der Waals surface area contributed by atoms with Crippen molar-refractivity contribution < 1.29 is 0 Å². The number of benzene rings is 1. The van der Waals surface area contributed by atoms with Gasteiger partial charge in [-0.3, -0.25) is 0 Å². The van der Waals surface area contributed by atoms with Crippen molar-refractivity contribution in [3.05, 3.63) is 46.2 Å². The number of nitrogens with one attached hydrogen (secondary N) is 1. The van der Waals surface area contributed by atoms with Gasteiger partial charge in [0.1, 0.15) is 0 Å². The molecule has 0 fully saturated rings. The Morgan fingerprint density at radius 2 is 1.84 bits per heavy atom. The minimum atomic E-state index is 0.728. The Bertz CT molecular complexity index is 567. The summed E-state index contributed by atoms with van der Waals surface area (Å²) in [6.45, 7) is 4.75. The van der Waals surface area contributed by atoms with Crippen LogP contribution in [0.3, 0.4) is 0 Å². The van der Waals surface area contributed by atoms with Crippen LogP contribution in [-0.2, 0) is 6.54 Å². The Hall–Kier alpha value is -1.10. The van der Waals surface area contributed by atoms with E-state index >= 15 is 0 Å². The molecule has 2 rings (SSSR count). The van der Waals surface area contributed by atoms with E-state index in [0.717, 1.165) is 33.0 Å². The number of aromatic nitrogens is 2. The summed E-state index contributed by atoms with van der Waals surface area (Å²) in [6, 6.07) is 7.86. The van der Waals surface area contributed by atoms with Crippen molar-refractivity contribution in [2.75, 3.05) is 7.05 Å². The first-order valence-electron chi connectivity index (χ1n) is 6.01. The number of nitrogens with zero attached hydrogens (tertiary/aromatic N) is 2. The summed E-state index contributed by atoms with van der Waals surface area (Å²) in [4.78, 5) is 9.99. The Kier molecular flexibility index (Phi) is 4.80. The van der Waals surface area contributed by atoms with Gasteiger partial charge in [0.05, 0.1) is 0 Å². The summed E-state index contributed by atoms with van der Waals surface area (Å²) in [7, 11) is 1.93. The van der Waals surface area contributed by atoms with Gasteiger partial charge >= 0.3 is 0 Å². The van der Waals surface area contributed by atoms with Crippen LogP contribution in [0.4, 0.5) is 0 Å². The van der Waals surface area contributed by atoms with Gasteiger partial charge in [-0.1, -0.05) is 17.7 Å². The Balaban J connectivity index is 2.33. The minimum Gasteiger partial charge on any atom is -0.316 e. The molecule has 1 heterocycles. The summed E-state index contributed by atoms with van der Waals surface area (Å²) >= 11 is 7.62. The number of aryl methyl sites for hydroxylation is 2. The molecule has 2 aromatic rings. The van der Waals surface area contributed by atoms with Crippen LogP contribution in [0.1, 0.15) is 17.0 Å². The highest BCUT2D eigenvalue weighted by atomic mass is 35.5. The average Bonchev–Trinajstić information content (AvgIpc) is 2.31. The SMILES string of the molecule is CNCc1ccc(Cl)cc1Sc1nc(C)cc(C)n1. The predicted octanol–water partition coefficient (Wildman–Crippen LogP) is 3.62. The van der Waals surface area contributed by atoms with Crippen LogP contribution in [0.5, 0.6) is 0 Å². The molecule has 1 aromatic carbocycles. The topological polar surface area (TPSA) is 37.8 Å². The molecular weight excluding hydrogens is 278 g/mol. The van der Waals surface area contributed by atoms with Gasteiger partial charge in [-0.25, -0.2) is 9.97 Å². The van der Waals surface area contributed by atoms with Crippen LogP contribution in [0.2, 0.25) is 5.02 Å². The van der Waals surface area contributed by atoms with E-state index in [2.05, 4.69) is 15.3 Å². The standard InChI is InChI=1S/C14H16ClN3S/c1-9-6-10(2)18-14(17-9)19-13-7-12(15)5-4-11(13)8-16-3/h4-7,16H,8H2,1-3H3. The quantitative estimate of drug-likeness (QED) is 0.874. The number of halogens is 1. The lowest BCUT2D eigenvalue weighted by atomic mass is 10.2. The molecular formula is C14H16ClN3S. The largest absolute Gasteiger partial charge is 0.316 e. The predicted molar refractivity (Wildman–Crippen MR) is 79.8 cm³/mol. The van der Waals surface area contributed by atoms with Crippen molar-refractivity contribution in [2.24, 2.45) is 0 Å². The molecule has 0 aliphatic carbocycles. The highest BCUT2D eigenvalue weighted by Crippen LogP contribution is 2.30. The zero-order valence-electron chi connectivity index (χ0n) is 11.2. The fourth-order valence-electron chi connectivity index (χ4n) is 1.80. The molecule has 5 heteroatoms. The molecule has 3 nitrogen and oxygen atoms in total. The number of rotatable bonds is 4. The Labute approximate surface area is 122 Å². The third-order valence-corrected chi connectivity index (χ3v) is 3.76. The van der Waals surface area contributed by atoms with Crippen LogP contribution in [0.25, 0.3) is 0 Å². The van der Waals surface area contributed by atoms with Gasteiger partial charge in [-0.2, -0.15) is 0 Å². The highest BCUT2D eigenvalue weighted by molar-refractivity contribution is 7.99. The Morgan fingerprint density at radius 3 is 2.47 bits per heavy atom. The monoisotopic (exact) mass is 293 g/mol. The molecule has 0 spiro atoms.